The summed E-state index contributed by atoms with van der Waals surface area (Å²) in [4.78, 5) is 0. The second-order valence-corrected chi connectivity index (χ2v) is 4.74. The SMILES string of the molecule is CC/C(=C/c1ccc(C)c(Cl)c1)CNCCOC. The summed E-state index contributed by atoms with van der Waals surface area (Å²) in [5.74, 6) is 0. The topological polar surface area (TPSA) is 21.3 Å². The first-order valence-electron chi connectivity index (χ1n) is 6.32. The first-order valence-corrected chi connectivity index (χ1v) is 6.70. The van der Waals surface area contributed by atoms with Crippen molar-refractivity contribution in [1.29, 1.82) is 0 Å². The minimum Gasteiger partial charge on any atom is -0.383 e. The van der Waals surface area contributed by atoms with Gasteiger partial charge in [0.25, 0.3) is 0 Å². The van der Waals surface area contributed by atoms with E-state index in [2.05, 4.69) is 30.4 Å². The summed E-state index contributed by atoms with van der Waals surface area (Å²) in [5, 5.41) is 4.18. The zero-order chi connectivity index (χ0) is 13.4. The Labute approximate surface area is 115 Å². The Kier molecular flexibility index (Phi) is 7.02. The molecule has 0 aliphatic carbocycles. The third-order valence-corrected chi connectivity index (χ3v) is 3.26. The molecular formula is C15H22ClNO. The molecule has 18 heavy (non-hydrogen) atoms. The van der Waals surface area contributed by atoms with Gasteiger partial charge in [-0.15, -0.1) is 0 Å². The number of rotatable bonds is 7. The number of aryl methyl sites for hydroxylation is 1. The van der Waals surface area contributed by atoms with Crippen LogP contribution in [-0.4, -0.2) is 26.8 Å². The van der Waals surface area contributed by atoms with Crippen LogP contribution in [0.15, 0.2) is 23.8 Å². The molecule has 0 bridgehead atoms. The maximum atomic E-state index is 6.12. The molecule has 0 unspecified atom stereocenters. The number of benzene rings is 1. The van der Waals surface area contributed by atoms with Gasteiger partial charge in [0, 0.05) is 25.2 Å². The molecule has 0 aromatic heterocycles. The fraction of sp³-hybridized carbons (Fsp3) is 0.467. The molecule has 0 amide bonds. The van der Waals surface area contributed by atoms with Crippen LogP contribution in [0, 0.1) is 6.92 Å². The van der Waals surface area contributed by atoms with Crippen LogP contribution in [-0.2, 0) is 4.74 Å². The van der Waals surface area contributed by atoms with Gasteiger partial charge in [0.05, 0.1) is 6.61 Å². The Bertz CT molecular complexity index is 401. The fourth-order valence-corrected chi connectivity index (χ4v) is 1.82. The van der Waals surface area contributed by atoms with Gasteiger partial charge in [-0.05, 0) is 30.5 Å². The van der Waals surface area contributed by atoms with Crippen LogP contribution in [0.5, 0.6) is 0 Å². The van der Waals surface area contributed by atoms with Crippen LogP contribution in [0.3, 0.4) is 0 Å². The van der Waals surface area contributed by atoms with E-state index in [0.717, 1.165) is 42.3 Å². The van der Waals surface area contributed by atoms with Crippen molar-refractivity contribution in [3.63, 3.8) is 0 Å². The van der Waals surface area contributed by atoms with E-state index in [1.165, 1.54) is 5.57 Å². The Balaban J connectivity index is 2.62. The van der Waals surface area contributed by atoms with Crippen molar-refractivity contribution >= 4 is 17.7 Å². The Morgan fingerprint density at radius 1 is 1.44 bits per heavy atom. The lowest BCUT2D eigenvalue weighted by Gasteiger charge is -2.08. The van der Waals surface area contributed by atoms with E-state index in [4.69, 9.17) is 16.3 Å². The highest BCUT2D eigenvalue weighted by atomic mass is 35.5. The zero-order valence-corrected chi connectivity index (χ0v) is 12.2. The van der Waals surface area contributed by atoms with Crippen LogP contribution in [0.1, 0.15) is 24.5 Å². The number of nitrogens with one attached hydrogen (secondary N) is 1. The minimum atomic E-state index is 0.743. The molecule has 0 spiro atoms. The van der Waals surface area contributed by atoms with Gasteiger partial charge >= 0.3 is 0 Å². The molecule has 0 fully saturated rings. The molecule has 0 atom stereocenters. The average Bonchev–Trinajstić information content (AvgIpc) is 2.37. The molecule has 0 saturated carbocycles. The van der Waals surface area contributed by atoms with Crippen LogP contribution in [0.4, 0.5) is 0 Å². The summed E-state index contributed by atoms with van der Waals surface area (Å²) >= 11 is 6.12. The molecule has 1 N–H and O–H groups in total. The van der Waals surface area contributed by atoms with Crippen molar-refractivity contribution in [3.05, 3.63) is 39.9 Å². The van der Waals surface area contributed by atoms with E-state index < -0.39 is 0 Å². The lowest BCUT2D eigenvalue weighted by Crippen LogP contribution is -2.21. The number of hydrogen-bond donors (Lipinski definition) is 1. The molecule has 0 saturated heterocycles. The Morgan fingerprint density at radius 3 is 2.83 bits per heavy atom. The molecule has 1 rings (SSSR count). The Hall–Kier alpha value is -0.830. The largest absolute Gasteiger partial charge is 0.383 e. The first-order chi connectivity index (χ1) is 8.67. The van der Waals surface area contributed by atoms with Gasteiger partial charge in [-0.2, -0.15) is 0 Å². The van der Waals surface area contributed by atoms with E-state index in [9.17, 15) is 0 Å². The molecule has 0 aliphatic rings. The van der Waals surface area contributed by atoms with Crippen molar-refractivity contribution < 1.29 is 4.74 Å². The molecule has 1 aromatic rings. The predicted molar refractivity (Wildman–Crippen MR) is 79.2 cm³/mol. The molecule has 100 valence electrons. The molecule has 1 aromatic carbocycles. The van der Waals surface area contributed by atoms with Gasteiger partial charge < -0.3 is 10.1 Å². The fourth-order valence-electron chi connectivity index (χ4n) is 1.64. The minimum absolute atomic E-state index is 0.743. The van der Waals surface area contributed by atoms with E-state index >= 15 is 0 Å². The highest BCUT2D eigenvalue weighted by Gasteiger charge is 1.98. The summed E-state index contributed by atoms with van der Waals surface area (Å²) in [6.07, 6.45) is 3.23. The summed E-state index contributed by atoms with van der Waals surface area (Å²) in [5.41, 5.74) is 3.65. The van der Waals surface area contributed by atoms with Crippen molar-refractivity contribution in [1.82, 2.24) is 5.32 Å². The van der Waals surface area contributed by atoms with Crippen LogP contribution < -0.4 is 5.32 Å². The summed E-state index contributed by atoms with van der Waals surface area (Å²) < 4.78 is 5.01. The smallest absolute Gasteiger partial charge is 0.0587 e. The van der Waals surface area contributed by atoms with Crippen molar-refractivity contribution in [2.45, 2.75) is 20.3 Å². The van der Waals surface area contributed by atoms with Crippen LogP contribution in [0.2, 0.25) is 5.02 Å². The quantitative estimate of drug-likeness (QED) is 0.761. The van der Waals surface area contributed by atoms with Gasteiger partial charge in [-0.3, -0.25) is 0 Å². The average molecular weight is 268 g/mol. The van der Waals surface area contributed by atoms with Crippen LogP contribution in [0.25, 0.3) is 6.08 Å². The summed E-state index contributed by atoms with van der Waals surface area (Å²) in [6.45, 7) is 6.70. The van der Waals surface area contributed by atoms with E-state index in [1.54, 1.807) is 7.11 Å². The van der Waals surface area contributed by atoms with Gasteiger partial charge in [0.1, 0.15) is 0 Å². The normalized spacial score (nSPS) is 11.9. The number of ether oxygens (including phenoxy) is 1. The predicted octanol–water partition coefficient (Wildman–Crippen LogP) is 3.68. The van der Waals surface area contributed by atoms with Gasteiger partial charge in [-0.1, -0.05) is 42.3 Å². The van der Waals surface area contributed by atoms with Gasteiger partial charge in [0.15, 0.2) is 0 Å². The van der Waals surface area contributed by atoms with E-state index in [-0.39, 0.29) is 0 Å². The molecule has 3 heteroatoms. The summed E-state index contributed by atoms with van der Waals surface area (Å²) in [7, 11) is 1.71. The van der Waals surface area contributed by atoms with E-state index in [1.807, 2.05) is 13.0 Å². The number of methoxy groups -OCH3 is 1. The van der Waals surface area contributed by atoms with Crippen molar-refractivity contribution in [2.75, 3.05) is 26.8 Å². The third-order valence-electron chi connectivity index (χ3n) is 2.86. The summed E-state index contributed by atoms with van der Waals surface area (Å²) in [6, 6.07) is 6.17. The monoisotopic (exact) mass is 267 g/mol. The third kappa shape index (κ3) is 5.21. The molecule has 2 nitrogen and oxygen atoms in total. The maximum Gasteiger partial charge on any atom is 0.0587 e. The van der Waals surface area contributed by atoms with Crippen LogP contribution >= 0.6 is 11.6 Å². The highest BCUT2D eigenvalue weighted by molar-refractivity contribution is 6.31. The van der Waals surface area contributed by atoms with Crippen molar-refractivity contribution in [3.8, 4) is 0 Å². The van der Waals surface area contributed by atoms with E-state index in [0.29, 0.717) is 0 Å². The first kappa shape index (κ1) is 15.2. The zero-order valence-electron chi connectivity index (χ0n) is 11.4. The lowest BCUT2D eigenvalue weighted by atomic mass is 10.1. The second-order valence-electron chi connectivity index (χ2n) is 4.33. The van der Waals surface area contributed by atoms with Gasteiger partial charge in [-0.25, -0.2) is 0 Å². The molecule has 0 aliphatic heterocycles. The lowest BCUT2D eigenvalue weighted by molar-refractivity contribution is 0.200. The van der Waals surface area contributed by atoms with Crippen molar-refractivity contribution in [2.24, 2.45) is 0 Å². The highest BCUT2D eigenvalue weighted by Crippen LogP contribution is 2.19. The second kappa shape index (κ2) is 8.30. The molecule has 0 radical (unpaired) electrons. The maximum absolute atomic E-state index is 6.12. The number of hydrogen-bond acceptors (Lipinski definition) is 2. The standard InChI is InChI=1S/C15H22ClNO/c1-4-13(11-17-7-8-18-3)9-14-6-5-12(2)15(16)10-14/h5-6,9-10,17H,4,7-8,11H2,1-3H3/b13-9-. The number of halogens is 1. The Morgan fingerprint density at radius 2 is 2.22 bits per heavy atom. The molecule has 0 heterocycles. The molecular weight excluding hydrogens is 246 g/mol. The van der Waals surface area contributed by atoms with Gasteiger partial charge in [0.2, 0.25) is 0 Å².